The zero-order valence-electron chi connectivity index (χ0n) is 2.76. The van der Waals surface area contributed by atoms with Crippen LogP contribution in [-0.2, 0) is 11.1 Å². The molecule has 6 heavy (non-hydrogen) atoms. The summed E-state index contributed by atoms with van der Waals surface area (Å²) in [6, 6.07) is 0. The molecule has 0 saturated heterocycles. The second-order valence-corrected chi connectivity index (χ2v) is 1.32. The van der Waals surface area contributed by atoms with Gasteiger partial charge in [0.15, 0.2) is 0 Å². The van der Waals surface area contributed by atoms with Crippen LogP contribution in [0, 0.1) is 0 Å². The van der Waals surface area contributed by atoms with Gasteiger partial charge in [-0.1, -0.05) is 0 Å². The van der Waals surface area contributed by atoms with Crippen molar-refractivity contribution in [3.8, 4) is 0 Å². The lowest BCUT2D eigenvalue weighted by Crippen LogP contribution is -1.73. The Balaban J connectivity index is 3.30. The molecular formula is C2H2FO2S-. The number of halogens is 1. The third kappa shape index (κ3) is 3.78. The van der Waals surface area contributed by atoms with Crippen molar-refractivity contribution in [2.45, 2.75) is 0 Å². The maximum atomic E-state index is 10.7. The van der Waals surface area contributed by atoms with Gasteiger partial charge in [-0.25, -0.2) is 4.39 Å². The first kappa shape index (κ1) is 5.78. The van der Waals surface area contributed by atoms with Crippen LogP contribution in [0.4, 0.5) is 4.39 Å². The molecule has 1 unspecified atom stereocenters. The molecule has 0 aromatic rings. The van der Waals surface area contributed by atoms with E-state index >= 15 is 0 Å². The van der Waals surface area contributed by atoms with E-state index in [1.165, 1.54) is 0 Å². The zero-order chi connectivity index (χ0) is 4.99. The standard InChI is InChI=1S/C2H3FO2S/c3-1-2-6(4)5/h1-2H,(H,4,5)/p-1. The van der Waals surface area contributed by atoms with Crippen molar-refractivity contribution < 1.29 is 13.2 Å². The summed E-state index contributed by atoms with van der Waals surface area (Å²) in [6.07, 6.45) is -0.0386. The van der Waals surface area contributed by atoms with Gasteiger partial charge in [0, 0.05) is 5.41 Å². The van der Waals surface area contributed by atoms with Gasteiger partial charge in [0.2, 0.25) is 0 Å². The Hall–Kier alpha value is -0.220. The molecule has 0 fully saturated rings. The highest BCUT2D eigenvalue weighted by Gasteiger charge is 1.60. The minimum atomic E-state index is -2.37. The van der Waals surface area contributed by atoms with Gasteiger partial charge in [0.05, 0.1) is 6.33 Å². The SMILES string of the molecule is O=S([O-])C=CF. The van der Waals surface area contributed by atoms with Gasteiger partial charge in [-0.2, -0.15) is 0 Å². The van der Waals surface area contributed by atoms with Gasteiger partial charge in [0.1, 0.15) is 0 Å². The first-order chi connectivity index (χ1) is 2.77. The molecule has 0 rings (SSSR count). The summed E-state index contributed by atoms with van der Waals surface area (Å²) in [6.45, 7) is 0. The van der Waals surface area contributed by atoms with E-state index in [4.69, 9.17) is 0 Å². The molecule has 0 aromatic carbocycles. The van der Waals surface area contributed by atoms with E-state index in [0.717, 1.165) is 0 Å². The molecule has 0 bridgehead atoms. The first-order valence-corrected chi connectivity index (χ1v) is 2.26. The van der Waals surface area contributed by atoms with E-state index in [2.05, 4.69) is 0 Å². The molecule has 2 nitrogen and oxygen atoms in total. The molecule has 0 amide bonds. The maximum Gasteiger partial charge on any atom is 0.0943 e. The fourth-order valence-corrected chi connectivity index (χ4v) is 0.126. The third-order valence-electron chi connectivity index (χ3n) is 0.163. The van der Waals surface area contributed by atoms with Crippen molar-refractivity contribution in [1.29, 1.82) is 0 Å². The molecule has 1 atom stereocenters. The fourth-order valence-electron chi connectivity index (χ4n) is 0.0420. The number of rotatable bonds is 1. The molecule has 36 valence electrons. The predicted octanol–water partition coefficient (Wildman–Crippen LogP) is 0.306. The van der Waals surface area contributed by atoms with Crippen LogP contribution < -0.4 is 0 Å². The van der Waals surface area contributed by atoms with Gasteiger partial charge in [0.25, 0.3) is 0 Å². The minimum Gasteiger partial charge on any atom is -0.769 e. The molecule has 0 saturated carbocycles. The van der Waals surface area contributed by atoms with Gasteiger partial charge in [-0.15, -0.1) is 0 Å². The Morgan fingerprint density at radius 3 is 2.33 bits per heavy atom. The van der Waals surface area contributed by atoms with Gasteiger partial charge >= 0.3 is 0 Å². The average Bonchev–Trinajstić information content (AvgIpc) is 1.35. The second kappa shape index (κ2) is 2.99. The lowest BCUT2D eigenvalue weighted by Gasteiger charge is -1.88. The smallest absolute Gasteiger partial charge is 0.0943 e. The average molecular weight is 109 g/mol. The first-order valence-electron chi connectivity index (χ1n) is 1.12. The highest BCUT2D eigenvalue weighted by molar-refractivity contribution is 7.82. The topological polar surface area (TPSA) is 40.1 Å². The van der Waals surface area contributed by atoms with Crippen LogP contribution in [0.1, 0.15) is 0 Å². The summed E-state index contributed by atoms with van der Waals surface area (Å²) in [5.74, 6) is 0. The molecule has 0 aliphatic heterocycles. The molecular weight excluding hydrogens is 107 g/mol. The molecule has 0 aromatic heterocycles. The highest BCUT2D eigenvalue weighted by Crippen LogP contribution is 1.74. The van der Waals surface area contributed by atoms with Crippen molar-refractivity contribution in [1.82, 2.24) is 0 Å². The fraction of sp³-hybridized carbons (Fsp3) is 0. The van der Waals surface area contributed by atoms with Crippen LogP contribution >= 0.6 is 0 Å². The molecule has 4 heteroatoms. The molecule has 0 aliphatic rings. The summed E-state index contributed by atoms with van der Waals surface area (Å²) in [5.41, 5.74) is 0. The Bertz CT molecular complexity index is 79.6. The van der Waals surface area contributed by atoms with Crippen LogP contribution in [-0.4, -0.2) is 8.76 Å². The van der Waals surface area contributed by atoms with E-state index in [1.54, 1.807) is 0 Å². The number of hydrogen-bond donors (Lipinski definition) is 0. The van der Waals surface area contributed by atoms with Gasteiger partial charge in [-0.3, -0.25) is 4.21 Å². The number of hydrogen-bond acceptors (Lipinski definition) is 2. The van der Waals surface area contributed by atoms with Crippen LogP contribution in [0.3, 0.4) is 0 Å². The Kier molecular flexibility index (Phi) is 2.88. The van der Waals surface area contributed by atoms with Crippen molar-refractivity contribution in [3.63, 3.8) is 0 Å². The van der Waals surface area contributed by atoms with Crippen LogP contribution in [0.2, 0.25) is 0 Å². The summed E-state index contributed by atoms with van der Waals surface area (Å²) < 4.78 is 29.2. The van der Waals surface area contributed by atoms with E-state index < -0.39 is 11.1 Å². The summed E-state index contributed by atoms with van der Waals surface area (Å²) >= 11 is -2.37. The summed E-state index contributed by atoms with van der Waals surface area (Å²) in [4.78, 5) is 0. The molecule has 0 heterocycles. The predicted molar refractivity (Wildman–Crippen MR) is 19.2 cm³/mol. The monoisotopic (exact) mass is 109 g/mol. The highest BCUT2D eigenvalue weighted by atomic mass is 32.2. The largest absolute Gasteiger partial charge is 0.769 e. The van der Waals surface area contributed by atoms with Gasteiger partial charge in [-0.05, 0) is 11.1 Å². The molecule has 0 spiro atoms. The van der Waals surface area contributed by atoms with Crippen molar-refractivity contribution in [3.05, 3.63) is 11.7 Å². The minimum absolute atomic E-state index is 0.0386. The Labute approximate surface area is 37.0 Å². The van der Waals surface area contributed by atoms with Crippen LogP contribution in [0.15, 0.2) is 11.7 Å². The normalized spacial score (nSPS) is 15.7. The second-order valence-electron chi connectivity index (χ2n) is 0.523. The lowest BCUT2D eigenvalue weighted by atomic mass is 11.2. The Morgan fingerprint density at radius 1 is 1.83 bits per heavy atom. The van der Waals surface area contributed by atoms with Crippen LogP contribution in [0.5, 0.6) is 0 Å². The molecule has 0 aliphatic carbocycles. The van der Waals surface area contributed by atoms with Crippen molar-refractivity contribution in [2.75, 3.05) is 0 Å². The summed E-state index contributed by atoms with van der Waals surface area (Å²) in [7, 11) is 0. The van der Waals surface area contributed by atoms with E-state index in [-0.39, 0.29) is 6.33 Å². The molecule has 0 N–H and O–H groups in total. The third-order valence-corrected chi connectivity index (χ3v) is 0.488. The van der Waals surface area contributed by atoms with Gasteiger partial charge < -0.3 is 4.55 Å². The van der Waals surface area contributed by atoms with E-state index in [9.17, 15) is 13.2 Å². The zero-order valence-corrected chi connectivity index (χ0v) is 3.57. The maximum absolute atomic E-state index is 10.7. The van der Waals surface area contributed by atoms with Crippen molar-refractivity contribution in [2.24, 2.45) is 0 Å². The van der Waals surface area contributed by atoms with E-state index in [1.807, 2.05) is 0 Å². The lowest BCUT2D eigenvalue weighted by molar-refractivity contribution is 0.545. The summed E-state index contributed by atoms with van der Waals surface area (Å²) in [5, 5.41) is 0.417. The quantitative estimate of drug-likeness (QED) is 0.454. The Morgan fingerprint density at radius 2 is 2.33 bits per heavy atom. The van der Waals surface area contributed by atoms with E-state index in [0.29, 0.717) is 5.41 Å². The molecule has 0 radical (unpaired) electrons. The van der Waals surface area contributed by atoms with Crippen molar-refractivity contribution >= 4 is 11.1 Å². The van der Waals surface area contributed by atoms with Crippen LogP contribution in [0.25, 0.3) is 0 Å².